The number of fused-ring (bicyclic) bond motifs is 2. The third-order valence-corrected chi connectivity index (χ3v) is 6.82. The van der Waals surface area contributed by atoms with Crippen LogP contribution in [0.15, 0.2) is 103 Å². The SMILES string of the molecule is COc1cncc(-c2cccc3cc([C@H](C)Cc4ncnc5cccnc45)n(-c4ccccc4)c(=O)c23)c1. The van der Waals surface area contributed by atoms with Gasteiger partial charge in [-0.05, 0) is 47.3 Å². The molecule has 0 bridgehead atoms. The molecule has 6 rings (SSSR count). The molecule has 0 unspecified atom stereocenters. The number of hydrogen-bond donors (Lipinski definition) is 0. The van der Waals surface area contributed by atoms with E-state index in [9.17, 15) is 4.79 Å². The summed E-state index contributed by atoms with van der Waals surface area (Å²) in [6.07, 6.45) is 7.35. The molecule has 0 aliphatic carbocycles. The summed E-state index contributed by atoms with van der Waals surface area (Å²) in [5.74, 6) is 0.605. The molecular formula is C31H25N5O2. The van der Waals surface area contributed by atoms with Crippen molar-refractivity contribution in [2.24, 2.45) is 0 Å². The number of para-hydroxylation sites is 1. The summed E-state index contributed by atoms with van der Waals surface area (Å²) in [5.41, 5.74) is 5.71. The molecule has 6 aromatic rings. The fraction of sp³-hybridized carbons (Fsp3) is 0.129. The summed E-state index contributed by atoms with van der Waals surface area (Å²) < 4.78 is 7.21. The van der Waals surface area contributed by atoms with Gasteiger partial charge in [0.15, 0.2) is 0 Å². The molecule has 0 saturated carbocycles. The molecule has 7 heteroatoms. The van der Waals surface area contributed by atoms with Gasteiger partial charge in [-0.15, -0.1) is 0 Å². The second kappa shape index (κ2) is 9.86. The molecule has 1 atom stereocenters. The first-order valence-electron chi connectivity index (χ1n) is 12.4. The van der Waals surface area contributed by atoms with Gasteiger partial charge in [0.05, 0.1) is 29.9 Å². The summed E-state index contributed by atoms with van der Waals surface area (Å²) in [6.45, 7) is 2.12. The number of pyridine rings is 3. The maximum absolute atomic E-state index is 14.3. The van der Waals surface area contributed by atoms with Gasteiger partial charge >= 0.3 is 0 Å². The van der Waals surface area contributed by atoms with Crippen molar-refractivity contribution >= 4 is 21.8 Å². The monoisotopic (exact) mass is 499 g/mol. The van der Waals surface area contributed by atoms with E-state index in [1.807, 2.05) is 71.3 Å². The first kappa shape index (κ1) is 23.5. The first-order chi connectivity index (χ1) is 18.6. The van der Waals surface area contributed by atoms with Crippen molar-refractivity contribution < 1.29 is 4.74 Å². The van der Waals surface area contributed by atoms with Crippen molar-refractivity contribution in [2.75, 3.05) is 7.11 Å². The lowest BCUT2D eigenvalue weighted by Crippen LogP contribution is -2.24. The number of rotatable bonds is 6. The summed E-state index contributed by atoms with van der Waals surface area (Å²) in [5, 5.41) is 1.51. The lowest BCUT2D eigenvalue weighted by atomic mass is 9.95. The van der Waals surface area contributed by atoms with Crippen molar-refractivity contribution in [2.45, 2.75) is 19.3 Å². The van der Waals surface area contributed by atoms with Crippen LogP contribution in [-0.4, -0.2) is 31.6 Å². The minimum atomic E-state index is -0.0837. The van der Waals surface area contributed by atoms with Crippen molar-refractivity contribution in [3.05, 3.63) is 119 Å². The van der Waals surface area contributed by atoms with Crippen LogP contribution in [0.2, 0.25) is 0 Å². The molecule has 7 nitrogen and oxygen atoms in total. The average Bonchev–Trinajstić information content (AvgIpc) is 2.97. The van der Waals surface area contributed by atoms with E-state index < -0.39 is 0 Å². The second-order valence-electron chi connectivity index (χ2n) is 9.23. The van der Waals surface area contributed by atoms with E-state index in [1.54, 1.807) is 32.0 Å². The molecular weight excluding hydrogens is 474 g/mol. The van der Waals surface area contributed by atoms with Crippen LogP contribution < -0.4 is 10.3 Å². The number of nitrogens with zero attached hydrogens (tertiary/aromatic N) is 5. The van der Waals surface area contributed by atoms with Gasteiger partial charge in [0, 0.05) is 41.7 Å². The van der Waals surface area contributed by atoms with Crippen molar-refractivity contribution in [3.63, 3.8) is 0 Å². The van der Waals surface area contributed by atoms with E-state index >= 15 is 0 Å². The van der Waals surface area contributed by atoms with Crippen LogP contribution in [0.25, 0.3) is 38.6 Å². The Kier molecular flexibility index (Phi) is 6.09. The van der Waals surface area contributed by atoms with Gasteiger partial charge in [-0.2, -0.15) is 0 Å². The van der Waals surface area contributed by atoms with Crippen LogP contribution in [-0.2, 0) is 6.42 Å². The highest BCUT2D eigenvalue weighted by Crippen LogP contribution is 2.32. The van der Waals surface area contributed by atoms with E-state index in [-0.39, 0.29) is 11.5 Å². The predicted octanol–water partition coefficient (Wildman–Crippen LogP) is 5.75. The predicted molar refractivity (Wildman–Crippen MR) is 149 cm³/mol. The summed E-state index contributed by atoms with van der Waals surface area (Å²) in [6, 6.07) is 23.5. The molecule has 0 N–H and O–H groups in total. The summed E-state index contributed by atoms with van der Waals surface area (Å²) in [7, 11) is 1.61. The fourth-order valence-electron chi connectivity index (χ4n) is 5.00. The highest BCUT2D eigenvalue weighted by atomic mass is 16.5. The third kappa shape index (κ3) is 4.18. The number of benzene rings is 2. The minimum Gasteiger partial charge on any atom is -0.495 e. The van der Waals surface area contributed by atoms with Crippen molar-refractivity contribution in [3.8, 4) is 22.6 Å². The standard InChI is InChI=1S/C31H25N5O2/c1-20(14-27-30-26(34-19-35-27)12-7-13-33-30)28-16-21-8-6-11-25(22-15-24(38-2)18-32-17-22)29(21)31(37)36(28)23-9-4-3-5-10-23/h3-13,15-20H,14H2,1-2H3/t20-/m1/s1. The summed E-state index contributed by atoms with van der Waals surface area (Å²) in [4.78, 5) is 32.1. The molecule has 4 heterocycles. The molecule has 0 amide bonds. The van der Waals surface area contributed by atoms with E-state index in [2.05, 4.69) is 32.9 Å². The lowest BCUT2D eigenvalue weighted by molar-refractivity contribution is 0.413. The Morgan fingerprint density at radius 1 is 0.921 bits per heavy atom. The van der Waals surface area contributed by atoms with Gasteiger partial charge in [-0.25, -0.2) is 9.97 Å². The van der Waals surface area contributed by atoms with Crippen LogP contribution in [0.4, 0.5) is 0 Å². The number of aromatic nitrogens is 5. The Bertz CT molecular complexity index is 1830. The van der Waals surface area contributed by atoms with Crippen LogP contribution in [0.5, 0.6) is 5.75 Å². The highest BCUT2D eigenvalue weighted by Gasteiger charge is 2.20. The zero-order valence-corrected chi connectivity index (χ0v) is 21.1. The Labute approximate surface area is 219 Å². The molecule has 38 heavy (non-hydrogen) atoms. The smallest absolute Gasteiger partial charge is 0.263 e. The van der Waals surface area contributed by atoms with Crippen molar-refractivity contribution in [1.29, 1.82) is 0 Å². The molecule has 2 aromatic carbocycles. The first-order valence-corrected chi connectivity index (χ1v) is 12.4. The normalized spacial score (nSPS) is 12.1. The topological polar surface area (TPSA) is 82.8 Å². The number of ether oxygens (including phenoxy) is 1. The van der Waals surface area contributed by atoms with Crippen LogP contribution >= 0.6 is 0 Å². The maximum atomic E-state index is 14.3. The fourth-order valence-corrected chi connectivity index (χ4v) is 5.00. The lowest BCUT2D eigenvalue weighted by Gasteiger charge is -2.21. The van der Waals surface area contributed by atoms with E-state index in [0.717, 1.165) is 44.6 Å². The van der Waals surface area contributed by atoms with E-state index in [1.165, 1.54) is 0 Å². The van der Waals surface area contributed by atoms with Gasteiger partial charge in [-0.3, -0.25) is 19.3 Å². The van der Waals surface area contributed by atoms with Crippen LogP contribution in [0.1, 0.15) is 24.2 Å². The highest BCUT2D eigenvalue weighted by molar-refractivity contribution is 5.96. The molecule has 0 fully saturated rings. The molecule has 0 radical (unpaired) electrons. The van der Waals surface area contributed by atoms with Crippen LogP contribution in [0, 0.1) is 0 Å². The maximum Gasteiger partial charge on any atom is 0.263 e. The number of hydrogen-bond acceptors (Lipinski definition) is 6. The zero-order valence-electron chi connectivity index (χ0n) is 21.1. The number of methoxy groups -OCH3 is 1. The Balaban J connectivity index is 1.56. The van der Waals surface area contributed by atoms with Gasteiger partial charge in [0.25, 0.3) is 5.56 Å². The van der Waals surface area contributed by atoms with Gasteiger partial charge in [0.2, 0.25) is 0 Å². The Morgan fingerprint density at radius 3 is 2.63 bits per heavy atom. The molecule has 0 spiro atoms. The summed E-state index contributed by atoms with van der Waals surface area (Å²) >= 11 is 0. The quantitative estimate of drug-likeness (QED) is 0.290. The molecule has 0 aliphatic rings. The van der Waals surface area contributed by atoms with Gasteiger partial charge in [-0.1, -0.05) is 43.3 Å². The largest absolute Gasteiger partial charge is 0.495 e. The molecule has 186 valence electrons. The van der Waals surface area contributed by atoms with E-state index in [0.29, 0.717) is 17.6 Å². The Hall–Kier alpha value is -4.91. The van der Waals surface area contributed by atoms with Crippen molar-refractivity contribution in [1.82, 2.24) is 24.5 Å². The van der Waals surface area contributed by atoms with Gasteiger partial charge in [0.1, 0.15) is 17.6 Å². The average molecular weight is 500 g/mol. The Morgan fingerprint density at radius 2 is 1.79 bits per heavy atom. The molecule has 4 aromatic heterocycles. The third-order valence-electron chi connectivity index (χ3n) is 6.82. The minimum absolute atomic E-state index is 0.0328. The van der Waals surface area contributed by atoms with E-state index in [4.69, 9.17) is 4.74 Å². The van der Waals surface area contributed by atoms with Crippen LogP contribution in [0.3, 0.4) is 0 Å². The van der Waals surface area contributed by atoms with Gasteiger partial charge < -0.3 is 4.74 Å². The molecule has 0 aliphatic heterocycles. The zero-order chi connectivity index (χ0) is 26.1. The molecule has 0 saturated heterocycles. The second-order valence-corrected chi connectivity index (χ2v) is 9.23.